The SMILES string of the molecule is Cc1ccc(NC(=O)[C@H](N)CC(C)C)c2cccnc12. The number of aromatic nitrogens is 1. The van der Waals surface area contributed by atoms with Crippen molar-refractivity contribution >= 4 is 22.5 Å². The van der Waals surface area contributed by atoms with Gasteiger partial charge in [0.25, 0.3) is 0 Å². The van der Waals surface area contributed by atoms with Gasteiger partial charge in [0.2, 0.25) is 5.91 Å². The van der Waals surface area contributed by atoms with Crippen molar-refractivity contribution in [1.29, 1.82) is 0 Å². The molecular formula is C16H21N3O. The molecule has 0 saturated carbocycles. The molecule has 106 valence electrons. The van der Waals surface area contributed by atoms with Crippen molar-refractivity contribution in [3.8, 4) is 0 Å². The Kier molecular flexibility index (Phi) is 4.35. The van der Waals surface area contributed by atoms with Crippen molar-refractivity contribution in [3.05, 3.63) is 36.0 Å². The first-order valence-electron chi connectivity index (χ1n) is 6.90. The molecule has 1 aromatic heterocycles. The van der Waals surface area contributed by atoms with E-state index in [4.69, 9.17) is 5.73 Å². The first-order valence-corrected chi connectivity index (χ1v) is 6.90. The number of benzene rings is 1. The summed E-state index contributed by atoms with van der Waals surface area (Å²) in [5.41, 5.74) is 8.67. The third-order valence-corrected chi connectivity index (χ3v) is 3.29. The molecule has 2 rings (SSSR count). The number of pyridine rings is 1. The predicted octanol–water partition coefficient (Wildman–Crippen LogP) is 2.86. The number of anilines is 1. The van der Waals surface area contributed by atoms with Crippen LogP contribution in [0.15, 0.2) is 30.5 Å². The maximum atomic E-state index is 12.1. The number of hydrogen-bond acceptors (Lipinski definition) is 3. The van der Waals surface area contributed by atoms with Crippen molar-refractivity contribution in [2.24, 2.45) is 11.7 Å². The van der Waals surface area contributed by atoms with E-state index in [9.17, 15) is 4.79 Å². The lowest BCUT2D eigenvalue weighted by Gasteiger charge is -2.15. The van der Waals surface area contributed by atoms with Gasteiger partial charge in [-0.3, -0.25) is 9.78 Å². The molecule has 0 aliphatic carbocycles. The third-order valence-electron chi connectivity index (χ3n) is 3.29. The summed E-state index contributed by atoms with van der Waals surface area (Å²) in [7, 11) is 0. The van der Waals surface area contributed by atoms with Gasteiger partial charge in [-0.15, -0.1) is 0 Å². The van der Waals surface area contributed by atoms with E-state index in [1.54, 1.807) is 6.20 Å². The van der Waals surface area contributed by atoms with Crippen LogP contribution in [0.3, 0.4) is 0 Å². The molecule has 0 bridgehead atoms. The summed E-state index contributed by atoms with van der Waals surface area (Å²) < 4.78 is 0. The Morgan fingerprint density at radius 1 is 1.35 bits per heavy atom. The summed E-state index contributed by atoms with van der Waals surface area (Å²) in [4.78, 5) is 16.5. The molecule has 1 amide bonds. The largest absolute Gasteiger partial charge is 0.324 e. The van der Waals surface area contributed by atoms with Crippen LogP contribution in [-0.4, -0.2) is 16.9 Å². The van der Waals surface area contributed by atoms with E-state index < -0.39 is 6.04 Å². The van der Waals surface area contributed by atoms with Gasteiger partial charge in [0, 0.05) is 11.6 Å². The number of nitrogens with zero attached hydrogens (tertiary/aromatic N) is 1. The molecule has 0 saturated heterocycles. The zero-order valence-electron chi connectivity index (χ0n) is 12.2. The lowest BCUT2D eigenvalue weighted by Crippen LogP contribution is -2.36. The number of amides is 1. The van der Waals surface area contributed by atoms with E-state index in [0.29, 0.717) is 12.3 Å². The van der Waals surface area contributed by atoms with Gasteiger partial charge in [-0.05, 0) is 43.0 Å². The molecule has 1 atom stereocenters. The van der Waals surface area contributed by atoms with E-state index in [0.717, 1.165) is 22.2 Å². The van der Waals surface area contributed by atoms with Crippen molar-refractivity contribution in [2.75, 3.05) is 5.32 Å². The van der Waals surface area contributed by atoms with Crippen LogP contribution < -0.4 is 11.1 Å². The van der Waals surface area contributed by atoms with Crippen molar-refractivity contribution in [2.45, 2.75) is 33.2 Å². The van der Waals surface area contributed by atoms with Crippen molar-refractivity contribution < 1.29 is 4.79 Å². The predicted molar refractivity (Wildman–Crippen MR) is 82.5 cm³/mol. The molecule has 1 heterocycles. The van der Waals surface area contributed by atoms with Crippen LogP contribution in [0.2, 0.25) is 0 Å². The lowest BCUT2D eigenvalue weighted by atomic mass is 10.0. The number of rotatable bonds is 4. The summed E-state index contributed by atoms with van der Waals surface area (Å²) in [6, 6.07) is 7.20. The van der Waals surface area contributed by atoms with Gasteiger partial charge in [0.05, 0.1) is 17.2 Å². The van der Waals surface area contributed by atoms with Gasteiger partial charge in [-0.1, -0.05) is 19.9 Å². The van der Waals surface area contributed by atoms with E-state index in [-0.39, 0.29) is 5.91 Å². The Morgan fingerprint density at radius 2 is 2.10 bits per heavy atom. The fraction of sp³-hybridized carbons (Fsp3) is 0.375. The van der Waals surface area contributed by atoms with Gasteiger partial charge in [0.1, 0.15) is 0 Å². The van der Waals surface area contributed by atoms with Gasteiger partial charge in [-0.2, -0.15) is 0 Å². The Morgan fingerprint density at radius 3 is 2.80 bits per heavy atom. The number of fused-ring (bicyclic) bond motifs is 1. The standard InChI is InChI=1S/C16H21N3O/c1-10(2)9-13(17)16(20)19-14-7-6-11(3)15-12(14)5-4-8-18-15/h4-8,10,13H,9,17H2,1-3H3,(H,19,20)/t13-/m1/s1. The Hall–Kier alpha value is -1.94. The highest BCUT2D eigenvalue weighted by molar-refractivity contribution is 6.03. The molecule has 0 aliphatic heterocycles. The third kappa shape index (κ3) is 3.14. The van der Waals surface area contributed by atoms with Crippen LogP contribution in [0.1, 0.15) is 25.8 Å². The van der Waals surface area contributed by atoms with Gasteiger partial charge in [0.15, 0.2) is 0 Å². The lowest BCUT2D eigenvalue weighted by molar-refractivity contribution is -0.117. The van der Waals surface area contributed by atoms with Crippen LogP contribution in [0, 0.1) is 12.8 Å². The number of carbonyl (C=O) groups is 1. The second kappa shape index (κ2) is 6.01. The van der Waals surface area contributed by atoms with Crippen molar-refractivity contribution in [1.82, 2.24) is 4.98 Å². The highest BCUT2D eigenvalue weighted by Crippen LogP contribution is 2.24. The molecule has 3 N–H and O–H groups in total. The number of nitrogens with two attached hydrogens (primary N) is 1. The molecule has 0 aliphatic rings. The monoisotopic (exact) mass is 271 g/mol. The summed E-state index contributed by atoms with van der Waals surface area (Å²) >= 11 is 0. The van der Waals surface area contributed by atoms with E-state index >= 15 is 0 Å². The number of aryl methyl sites for hydroxylation is 1. The zero-order valence-corrected chi connectivity index (χ0v) is 12.2. The average molecular weight is 271 g/mol. The minimum atomic E-state index is -0.483. The normalized spacial score (nSPS) is 12.7. The molecule has 20 heavy (non-hydrogen) atoms. The van der Waals surface area contributed by atoms with Gasteiger partial charge in [-0.25, -0.2) is 0 Å². The second-order valence-corrected chi connectivity index (χ2v) is 5.55. The van der Waals surface area contributed by atoms with Gasteiger partial charge >= 0.3 is 0 Å². The molecule has 2 aromatic rings. The Labute approximate surface area is 119 Å². The minimum Gasteiger partial charge on any atom is -0.324 e. The summed E-state index contributed by atoms with van der Waals surface area (Å²) in [5, 5.41) is 3.86. The van der Waals surface area contributed by atoms with E-state index in [1.165, 1.54) is 0 Å². The van der Waals surface area contributed by atoms with Crippen LogP contribution in [0.5, 0.6) is 0 Å². The molecule has 1 aromatic carbocycles. The first kappa shape index (κ1) is 14.5. The van der Waals surface area contributed by atoms with E-state index in [2.05, 4.69) is 24.1 Å². The summed E-state index contributed by atoms with van der Waals surface area (Å²) in [6.07, 6.45) is 2.43. The molecule has 4 nitrogen and oxygen atoms in total. The molecule has 0 unspecified atom stereocenters. The van der Waals surface area contributed by atoms with E-state index in [1.807, 2.05) is 31.2 Å². The van der Waals surface area contributed by atoms with Crippen LogP contribution in [-0.2, 0) is 4.79 Å². The molecular weight excluding hydrogens is 250 g/mol. The summed E-state index contributed by atoms with van der Waals surface area (Å²) in [6.45, 7) is 6.11. The maximum Gasteiger partial charge on any atom is 0.241 e. The highest BCUT2D eigenvalue weighted by atomic mass is 16.2. The first-order chi connectivity index (χ1) is 9.49. The smallest absolute Gasteiger partial charge is 0.241 e. The fourth-order valence-electron chi connectivity index (χ4n) is 2.26. The molecule has 0 fully saturated rings. The van der Waals surface area contributed by atoms with Crippen LogP contribution >= 0.6 is 0 Å². The number of carbonyl (C=O) groups excluding carboxylic acids is 1. The van der Waals surface area contributed by atoms with Crippen LogP contribution in [0.4, 0.5) is 5.69 Å². The molecule has 4 heteroatoms. The minimum absolute atomic E-state index is 0.146. The Balaban J connectivity index is 2.26. The second-order valence-electron chi connectivity index (χ2n) is 5.55. The maximum absolute atomic E-state index is 12.1. The average Bonchev–Trinajstić information content (AvgIpc) is 2.41. The Bertz CT molecular complexity index is 622. The quantitative estimate of drug-likeness (QED) is 0.898. The van der Waals surface area contributed by atoms with Crippen molar-refractivity contribution in [3.63, 3.8) is 0 Å². The molecule has 0 radical (unpaired) electrons. The molecule has 0 spiro atoms. The zero-order chi connectivity index (χ0) is 14.7. The highest BCUT2D eigenvalue weighted by Gasteiger charge is 2.16. The van der Waals surface area contributed by atoms with Crippen LogP contribution in [0.25, 0.3) is 10.9 Å². The van der Waals surface area contributed by atoms with Gasteiger partial charge < -0.3 is 11.1 Å². The number of hydrogen-bond donors (Lipinski definition) is 2. The topological polar surface area (TPSA) is 68.0 Å². The fourth-order valence-corrected chi connectivity index (χ4v) is 2.26. The number of nitrogens with one attached hydrogen (secondary N) is 1. The summed E-state index contributed by atoms with van der Waals surface area (Å²) in [5.74, 6) is 0.250.